The maximum Gasteiger partial charge on any atom is 0.311 e. The zero-order chi connectivity index (χ0) is 17.3. The Morgan fingerprint density at radius 3 is 2.88 bits per heavy atom. The van der Waals surface area contributed by atoms with E-state index in [4.69, 9.17) is 16.3 Å². The molecule has 2 atom stereocenters. The molecule has 1 aromatic carbocycles. The van der Waals surface area contributed by atoms with Gasteiger partial charge in [0, 0.05) is 19.5 Å². The van der Waals surface area contributed by atoms with E-state index in [0.29, 0.717) is 43.1 Å². The lowest BCUT2D eigenvalue weighted by molar-refractivity contribution is -0.149. The monoisotopic (exact) mass is 351 g/mol. The molecule has 1 aliphatic carbocycles. The molecule has 2 fully saturated rings. The topological polar surface area (TPSA) is 66.8 Å². The molecule has 1 aromatic rings. The van der Waals surface area contributed by atoms with Crippen LogP contribution in [-0.4, -0.2) is 42.1 Å². The second-order valence-electron chi connectivity index (χ2n) is 6.79. The van der Waals surface area contributed by atoms with Crippen molar-refractivity contribution >= 4 is 23.5 Å². The van der Waals surface area contributed by atoms with Crippen LogP contribution in [0.3, 0.4) is 0 Å². The average Bonchev–Trinajstić information content (AvgIpc) is 3.11. The predicted octanol–water partition coefficient (Wildman–Crippen LogP) is 2.99. The number of hydrogen-bond acceptors (Lipinski definition) is 3. The Labute approximate surface area is 146 Å². The Balaban J connectivity index is 1.60. The number of carbonyl (C=O) groups excluding carboxylic acids is 1. The Bertz CT molecular complexity index is 662. The van der Waals surface area contributed by atoms with Crippen LogP contribution < -0.4 is 4.74 Å². The standard InChI is InChI=1S/C18H22ClNO4/c1-24-15-6-4-12(9-14(15)19)5-7-16(21)20-10-13-3-2-8-18(13,11-20)17(22)23/h4,6,9,13H,2-3,5,7-8,10-11H2,1H3,(H,22,23)/t13-,18+/m0/s1. The second kappa shape index (κ2) is 6.63. The van der Waals surface area contributed by atoms with Crippen LogP contribution in [0.4, 0.5) is 0 Å². The first kappa shape index (κ1) is 17.1. The highest BCUT2D eigenvalue weighted by molar-refractivity contribution is 6.32. The Hall–Kier alpha value is -1.75. The molecule has 1 saturated heterocycles. The quantitative estimate of drug-likeness (QED) is 0.885. The molecule has 0 bridgehead atoms. The lowest BCUT2D eigenvalue weighted by atomic mass is 9.81. The molecule has 6 heteroatoms. The number of aryl methyl sites for hydroxylation is 1. The zero-order valence-electron chi connectivity index (χ0n) is 13.8. The molecule has 1 N–H and O–H groups in total. The number of aliphatic carboxylic acids is 1. The number of carbonyl (C=O) groups is 2. The SMILES string of the molecule is COc1ccc(CCC(=O)N2C[C@@H]3CCC[C@@]3(C(=O)O)C2)cc1Cl. The minimum Gasteiger partial charge on any atom is -0.495 e. The highest BCUT2D eigenvalue weighted by Crippen LogP contribution is 2.49. The van der Waals surface area contributed by atoms with Gasteiger partial charge < -0.3 is 14.7 Å². The Morgan fingerprint density at radius 2 is 2.25 bits per heavy atom. The van der Waals surface area contributed by atoms with Crippen LogP contribution in [0.1, 0.15) is 31.2 Å². The highest BCUT2D eigenvalue weighted by Gasteiger charge is 2.55. The largest absolute Gasteiger partial charge is 0.495 e. The van der Waals surface area contributed by atoms with E-state index in [9.17, 15) is 14.7 Å². The Kier molecular flexibility index (Phi) is 4.72. The molecule has 1 heterocycles. The third kappa shape index (κ3) is 2.97. The van der Waals surface area contributed by atoms with Gasteiger partial charge in [-0.25, -0.2) is 0 Å². The lowest BCUT2D eigenvalue weighted by Crippen LogP contribution is -2.37. The van der Waals surface area contributed by atoms with E-state index in [-0.39, 0.29) is 11.8 Å². The number of hydrogen-bond donors (Lipinski definition) is 1. The van der Waals surface area contributed by atoms with Crippen molar-refractivity contribution in [3.8, 4) is 5.75 Å². The Morgan fingerprint density at radius 1 is 1.46 bits per heavy atom. The molecule has 0 unspecified atom stereocenters. The minimum absolute atomic E-state index is 0.0250. The first-order chi connectivity index (χ1) is 11.5. The number of benzene rings is 1. The van der Waals surface area contributed by atoms with Gasteiger partial charge in [-0.3, -0.25) is 9.59 Å². The van der Waals surface area contributed by atoms with Gasteiger partial charge in [0.25, 0.3) is 0 Å². The maximum absolute atomic E-state index is 12.5. The van der Waals surface area contributed by atoms with Crippen molar-refractivity contribution in [1.29, 1.82) is 0 Å². The number of likely N-dealkylation sites (tertiary alicyclic amines) is 1. The zero-order valence-corrected chi connectivity index (χ0v) is 14.5. The summed E-state index contributed by atoms with van der Waals surface area (Å²) in [4.78, 5) is 25.9. The fourth-order valence-corrected chi connectivity index (χ4v) is 4.38. The summed E-state index contributed by atoms with van der Waals surface area (Å²) in [6.07, 6.45) is 3.49. The van der Waals surface area contributed by atoms with E-state index >= 15 is 0 Å². The summed E-state index contributed by atoms with van der Waals surface area (Å²) in [7, 11) is 1.56. The van der Waals surface area contributed by atoms with Gasteiger partial charge in [-0.1, -0.05) is 24.1 Å². The number of ether oxygens (including phenoxy) is 1. The number of methoxy groups -OCH3 is 1. The van der Waals surface area contributed by atoms with Crippen molar-refractivity contribution in [2.24, 2.45) is 11.3 Å². The molecule has 130 valence electrons. The van der Waals surface area contributed by atoms with E-state index in [1.807, 2.05) is 12.1 Å². The molecular weight excluding hydrogens is 330 g/mol. The molecule has 0 aromatic heterocycles. The number of carboxylic acids is 1. The lowest BCUT2D eigenvalue weighted by Gasteiger charge is -2.23. The van der Waals surface area contributed by atoms with Crippen LogP contribution in [-0.2, 0) is 16.0 Å². The van der Waals surface area contributed by atoms with Crippen LogP contribution >= 0.6 is 11.6 Å². The molecule has 24 heavy (non-hydrogen) atoms. The fourth-order valence-electron chi connectivity index (χ4n) is 4.10. The van der Waals surface area contributed by atoms with Crippen molar-refractivity contribution < 1.29 is 19.4 Å². The predicted molar refractivity (Wildman–Crippen MR) is 90.3 cm³/mol. The van der Waals surface area contributed by atoms with Gasteiger partial charge in [-0.05, 0) is 42.9 Å². The normalized spacial score (nSPS) is 25.6. The van der Waals surface area contributed by atoms with Crippen molar-refractivity contribution in [1.82, 2.24) is 4.90 Å². The summed E-state index contributed by atoms with van der Waals surface area (Å²) in [6, 6.07) is 5.50. The summed E-state index contributed by atoms with van der Waals surface area (Å²) in [5, 5.41) is 10.1. The van der Waals surface area contributed by atoms with Crippen molar-refractivity contribution in [3.05, 3.63) is 28.8 Å². The van der Waals surface area contributed by atoms with Crippen LogP contribution in [0.2, 0.25) is 5.02 Å². The third-order valence-electron chi connectivity index (χ3n) is 5.49. The van der Waals surface area contributed by atoms with E-state index in [1.54, 1.807) is 18.1 Å². The maximum atomic E-state index is 12.5. The van der Waals surface area contributed by atoms with Crippen molar-refractivity contribution in [2.75, 3.05) is 20.2 Å². The first-order valence-electron chi connectivity index (χ1n) is 8.30. The van der Waals surface area contributed by atoms with Gasteiger partial charge in [0.1, 0.15) is 5.75 Å². The molecule has 1 saturated carbocycles. The van der Waals surface area contributed by atoms with E-state index < -0.39 is 11.4 Å². The molecule has 0 radical (unpaired) electrons. The van der Waals surface area contributed by atoms with Gasteiger partial charge in [-0.2, -0.15) is 0 Å². The summed E-state index contributed by atoms with van der Waals surface area (Å²) < 4.78 is 5.12. The molecule has 1 aliphatic heterocycles. The van der Waals surface area contributed by atoms with Crippen LogP contribution in [0.5, 0.6) is 5.75 Å². The molecule has 3 rings (SSSR count). The molecular formula is C18H22ClNO4. The van der Waals surface area contributed by atoms with E-state index in [1.165, 1.54) is 0 Å². The molecule has 0 spiro atoms. The van der Waals surface area contributed by atoms with Crippen LogP contribution in [0.15, 0.2) is 18.2 Å². The average molecular weight is 352 g/mol. The van der Waals surface area contributed by atoms with Crippen LogP contribution in [0.25, 0.3) is 0 Å². The fraction of sp³-hybridized carbons (Fsp3) is 0.556. The number of halogens is 1. The summed E-state index contributed by atoms with van der Waals surface area (Å²) >= 11 is 6.10. The van der Waals surface area contributed by atoms with Gasteiger partial charge in [0.2, 0.25) is 5.91 Å². The molecule has 2 aliphatic rings. The number of rotatable bonds is 5. The number of fused-ring (bicyclic) bond motifs is 1. The summed E-state index contributed by atoms with van der Waals surface area (Å²) in [5.41, 5.74) is 0.264. The highest BCUT2D eigenvalue weighted by atomic mass is 35.5. The van der Waals surface area contributed by atoms with E-state index in [0.717, 1.165) is 18.4 Å². The third-order valence-corrected chi connectivity index (χ3v) is 5.79. The summed E-state index contributed by atoms with van der Waals surface area (Å²) in [6.45, 7) is 0.934. The second-order valence-corrected chi connectivity index (χ2v) is 7.20. The van der Waals surface area contributed by atoms with Crippen LogP contribution in [0, 0.1) is 11.3 Å². The number of nitrogens with zero attached hydrogens (tertiary/aromatic N) is 1. The minimum atomic E-state index is -0.748. The molecule has 5 nitrogen and oxygen atoms in total. The van der Waals surface area contributed by atoms with Gasteiger partial charge in [-0.15, -0.1) is 0 Å². The van der Waals surface area contributed by atoms with E-state index in [2.05, 4.69) is 0 Å². The van der Waals surface area contributed by atoms with Crippen molar-refractivity contribution in [3.63, 3.8) is 0 Å². The number of amides is 1. The smallest absolute Gasteiger partial charge is 0.311 e. The van der Waals surface area contributed by atoms with Gasteiger partial charge in [0.05, 0.1) is 17.5 Å². The van der Waals surface area contributed by atoms with Gasteiger partial charge in [0.15, 0.2) is 0 Å². The summed E-state index contributed by atoms with van der Waals surface area (Å²) in [5.74, 6) is -0.00362. The number of carboxylic acid groups (broad SMARTS) is 1. The van der Waals surface area contributed by atoms with Gasteiger partial charge >= 0.3 is 5.97 Å². The molecule has 1 amide bonds. The first-order valence-corrected chi connectivity index (χ1v) is 8.67. The van der Waals surface area contributed by atoms with Crippen molar-refractivity contribution in [2.45, 2.75) is 32.1 Å².